The normalized spacial score (nSPS) is 13.5. The summed E-state index contributed by atoms with van der Waals surface area (Å²) >= 11 is 0. The fourth-order valence-electron chi connectivity index (χ4n) is 4.27. The van der Waals surface area contributed by atoms with Gasteiger partial charge in [0, 0.05) is 19.3 Å². The number of nitrogens with two attached hydrogens (primary N) is 1. The number of H-pyrrole nitrogens is 2. The number of primary amides is 1. The van der Waals surface area contributed by atoms with Gasteiger partial charge in [0.05, 0.1) is 23.7 Å². The van der Waals surface area contributed by atoms with Gasteiger partial charge in [-0.25, -0.2) is 9.37 Å². The third kappa shape index (κ3) is 3.99. The number of benzene rings is 2. The van der Waals surface area contributed by atoms with Gasteiger partial charge in [0.1, 0.15) is 11.5 Å². The van der Waals surface area contributed by atoms with Crippen LogP contribution in [0, 0.1) is 5.82 Å². The number of carbonyl (C=O) groups excluding carboxylic acids is 1. The molecule has 0 saturated carbocycles. The van der Waals surface area contributed by atoms with Crippen molar-refractivity contribution >= 4 is 40.1 Å². The van der Waals surface area contributed by atoms with Gasteiger partial charge in [0.2, 0.25) is 11.5 Å². The molecular weight excluding hydrogens is 437 g/mol. The van der Waals surface area contributed by atoms with Crippen LogP contribution in [-0.2, 0) is 13.0 Å². The highest BCUT2D eigenvalue weighted by molar-refractivity contribution is 6.00. The van der Waals surface area contributed by atoms with Gasteiger partial charge in [-0.05, 0) is 54.9 Å². The smallest absolute Gasteiger partial charge is 0.351 e. The summed E-state index contributed by atoms with van der Waals surface area (Å²) in [5.74, 6) is -0.0113. The van der Waals surface area contributed by atoms with Crippen LogP contribution >= 0.6 is 0 Å². The van der Waals surface area contributed by atoms with Gasteiger partial charge >= 0.3 is 5.95 Å². The summed E-state index contributed by atoms with van der Waals surface area (Å²) in [6.07, 6.45) is 2.72. The first-order valence-corrected chi connectivity index (χ1v) is 10.8. The zero-order chi connectivity index (χ0) is 23.8. The van der Waals surface area contributed by atoms with E-state index in [0.29, 0.717) is 23.2 Å². The molecule has 0 radical (unpaired) electrons. The molecule has 9 nitrogen and oxygen atoms in total. The number of fused-ring (bicyclic) bond motifs is 2. The average molecular weight is 463 g/mol. The summed E-state index contributed by atoms with van der Waals surface area (Å²) in [6, 6.07) is 10.2. The number of halogens is 1. The van der Waals surface area contributed by atoms with Crippen LogP contribution in [-0.4, -0.2) is 41.5 Å². The number of nitrogens with zero attached hydrogens (tertiary/aromatic N) is 2. The van der Waals surface area contributed by atoms with E-state index in [-0.39, 0.29) is 11.3 Å². The second-order valence-electron chi connectivity index (χ2n) is 8.29. The highest BCUT2D eigenvalue weighted by Gasteiger charge is 2.22. The molecule has 4 aromatic rings. The van der Waals surface area contributed by atoms with Crippen LogP contribution in [0.25, 0.3) is 11.0 Å². The van der Waals surface area contributed by atoms with Crippen LogP contribution in [0.4, 0.5) is 27.5 Å². The first-order chi connectivity index (χ1) is 16.4. The largest absolute Gasteiger partial charge is 0.493 e. The lowest BCUT2D eigenvalue weighted by atomic mass is 9.99. The predicted octanol–water partition coefficient (Wildman–Crippen LogP) is 3.10. The first kappa shape index (κ1) is 21.7. The minimum Gasteiger partial charge on any atom is -0.493 e. The number of methoxy groups -OCH3 is 1. The third-order valence-corrected chi connectivity index (χ3v) is 5.96. The Morgan fingerprint density at radius 3 is 2.88 bits per heavy atom. The molecule has 0 aliphatic carbocycles. The number of hydrogen-bond donors (Lipinski definition) is 4. The van der Waals surface area contributed by atoms with Crippen molar-refractivity contribution in [3.05, 3.63) is 65.1 Å². The molecule has 2 aromatic heterocycles. The Hall–Kier alpha value is -4.18. The number of likely N-dealkylation sites (N-methyl/N-ethyl adjacent to an activating group) is 1. The monoisotopic (exact) mass is 462 g/mol. The lowest BCUT2D eigenvalue weighted by Gasteiger charge is -2.26. The van der Waals surface area contributed by atoms with E-state index in [9.17, 15) is 9.18 Å². The molecule has 0 atom stereocenters. The van der Waals surface area contributed by atoms with Crippen molar-refractivity contribution < 1.29 is 18.9 Å². The molecule has 0 spiro atoms. The van der Waals surface area contributed by atoms with Gasteiger partial charge in [0.25, 0.3) is 5.91 Å². The maximum Gasteiger partial charge on any atom is 0.351 e. The van der Waals surface area contributed by atoms with E-state index in [1.807, 2.05) is 6.07 Å². The molecule has 3 heterocycles. The zero-order valence-electron chi connectivity index (χ0n) is 18.8. The van der Waals surface area contributed by atoms with Gasteiger partial charge in [-0.2, -0.15) is 0 Å². The molecule has 34 heavy (non-hydrogen) atoms. The summed E-state index contributed by atoms with van der Waals surface area (Å²) in [5, 5.41) is 7.10. The standard InChI is InChI=1S/C24H24FN7O2/c1-32-9-7-13-11-19(34-2)18(10-14(13)12-32)29-24-30-22-15(6-8-27-22)23(31-24)28-17-5-3-4-16(25)20(17)21(26)33/h3-6,8,10-11H,7,9,12H2,1-2H3,(H2,26,33)(H3,27,28,29,30,31)/p+1. The van der Waals surface area contributed by atoms with Gasteiger partial charge in [0.15, 0.2) is 5.75 Å². The number of nitrogens with one attached hydrogen (secondary N) is 4. The number of amides is 1. The van der Waals surface area contributed by atoms with Crippen LogP contribution < -0.4 is 26.1 Å². The number of aromatic nitrogens is 3. The summed E-state index contributed by atoms with van der Waals surface area (Å²) in [4.78, 5) is 25.1. The van der Waals surface area contributed by atoms with Crippen molar-refractivity contribution in [2.75, 3.05) is 31.3 Å². The molecule has 0 fully saturated rings. The fourth-order valence-corrected chi connectivity index (χ4v) is 4.27. The topological polar surface area (TPSA) is 122 Å². The SMILES string of the molecule is COc1cc2c(cc1Nc1nc(Nc3cccc(F)c3C(N)=O)c3cc[nH]c3[nH+]1)CN(C)CC2. The zero-order valence-corrected chi connectivity index (χ0v) is 18.8. The van der Waals surface area contributed by atoms with E-state index in [1.54, 1.807) is 19.4 Å². The maximum absolute atomic E-state index is 14.3. The number of hydrogen-bond acceptors (Lipinski definition) is 6. The van der Waals surface area contributed by atoms with Crippen LogP contribution in [0.5, 0.6) is 5.75 Å². The number of aromatic amines is 2. The van der Waals surface area contributed by atoms with Crippen molar-refractivity contribution in [1.82, 2.24) is 14.9 Å². The van der Waals surface area contributed by atoms with Gasteiger partial charge in [-0.3, -0.25) is 15.1 Å². The van der Waals surface area contributed by atoms with Crippen LogP contribution in [0.1, 0.15) is 21.5 Å². The number of carbonyl (C=O) groups is 1. The second-order valence-corrected chi connectivity index (χ2v) is 8.29. The van der Waals surface area contributed by atoms with E-state index in [0.717, 1.165) is 30.6 Å². The third-order valence-electron chi connectivity index (χ3n) is 5.96. The van der Waals surface area contributed by atoms with Crippen LogP contribution in [0.3, 0.4) is 0 Å². The van der Waals surface area contributed by atoms with E-state index in [1.165, 1.54) is 23.3 Å². The Labute approximate surface area is 195 Å². The molecule has 0 saturated heterocycles. The Morgan fingerprint density at radius 1 is 1.24 bits per heavy atom. The molecule has 0 unspecified atom stereocenters. The van der Waals surface area contributed by atoms with Crippen molar-refractivity contribution in [1.29, 1.82) is 0 Å². The van der Waals surface area contributed by atoms with Gasteiger partial charge < -0.3 is 20.7 Å². The van der Waals surface area contributed by atoms with Gasteiger partial charge in [-0.15, -0.1) is 0 Å². The molecule has 6 N–H and O–H groups in total. The summed E-state index contributed by atoms with van der Waals surface area (Å²) < 4.78 is 19.9. The minimum atomic E-state index is -0.865. The Balaban J connectivity index is 1.54. The lowest BCUT2D eigenvalue weighted by Crippen LogP contribution is -2.26. The van der Waals surface area contributed by atoms with Crippen molar-refractivity contribution in [3.8, 4) is 5.75 Å². The summed E-state index contributed by atoms with van der Waals surface area (Å²) in [6.45, 7) is 1.85. The Bertz CT molecular complexity index is 1400. The van der Waals surface area contributed by atoms with Crippen LogP contribution in [0.15, 0.2) is 42.6 Å². The second kappa shape index (κ2) is 8.64. The van der Waals surface area contributed by atoms with E-state index in [2.05, 4.69) is 49.7 Å². The predicted molar refractivity (Wildman–Crippen MR) is 127 cm³/mol. The maximum atomic E-state index is 14.3. The highest BCUT2D eigenvalue weighted by Crippen LogP contribution is 2.33. The quantitative estimate of drug-likeness (QED) is 0.349. The molecule has 5 rings (SSSR count). The van der Waals surface area contributed by atoms with Crippen LogP contribution in [0.2, 0.25) is 0 Å². The van der Waals surface area contributed by atoms with Gasteiger partial charge in [-0.1, -0.05) is 11.1 Å². The molecule has 2 aromatic carbocycles. The lowest BCUT2D eigenvalue weighted by molar-refractivity contribution is -0.333. The fraction of sp³-hybridized carbons (Fsp3) is 0.208. The van der Waals surface area contributed by atoms with Crippen molar-refractivity contribution in [3.63, 3.8) is 0 Å². The molecule has 0 bridgehead atoms. The average Bonchev–Trinajstić information content (AvgIpc) is 3.27. The molecule has 1 aliphatic rings. The number of rotatable bonds is 6. The summed E-state index contributed by atoms with van der Waals surface area (Å²) in [5.41, 5.74) is 9.36. The van der Waals surface area contributed by atoms with E-state index in [4.69, 9.17) is 10.5 Å². The van der Waals surface area contributed by atoms with Crippen molar-refractivity contribution in [2.24, 2.45) is 5.73 Å². The van der Waals surface area contributed by atoms with E-state index >= 15 is 0 Å². The molecule has 1 aliphatic heterocycles. The first-order valence-electron chi connectivity index (χ1n) is 10.8. The Kier molecular flexibility index (Phi) is 5.50. The highest BCUT2D eigenvalue weighted by atomic mass is 19.1. The molecule has 174 valence electrons. The number of anilines is 4. The summed E-state index contributed by atoms with van der Waals surface area (Å²) in [7, 11) is 3.73. The van der Waals surface area contributed by atoms with E-state index < -0.39 is 11.7 Å². The van der Waals surface area contributed by atoms with Crippen molar-refractivity contribution in [2.45, 2.75) is 13.0 Å². The molecule has 1 amide bonds. The molecule has 10 heteroatoms. The Morgan fingerprint density at radius 2 is 2.09 bits per heavy atom. The number of ether oxygens (including phenoxy) is 1. The minimum absolute atomic E-state index is 0.226. The molecular formula is C24H25FN7O2+.